The average Bonchev–Trinajstić information content (AvgIpc) is 2.77. The number of amides is 1. The van der Waals surface area contributed by atoms with Gasteiger partial charge in [0.25, 0.3) is 0 Å². The zero-order valence-corrected chi connectivity index (χ0v) is 13.1. The Morgan fingerprint density at radius 1 is 1.32 bits per heavy atom. The predicted molar refractivity (Wildman–Crippen MR) is 90.0 cm³/mol. The lowest BCUT2D eigenvalue weighted by Gasteiger charge is -2.06. The van der Waals surface area contributed by atoms with Crippen LogP contribution in [0.3, 0.4) is 0 Å². The summed E-state index contributed by atoms with van der Waals surface area (Å²) in [4.78, 5) is 23.6. The van der Waals surface area contributed by atoms with Crippen LogP contribution in [0.15, 0.2) is 59.8 Å². The highest BCUT2D eigenvalue weighted by Crippen LogP contribution is 2.07. The fourth-order valence-corrected chi connectivity index (χ4v) is 1.63. The van der Waals surface area contributed by atoms with Crippen LogP contribution in [0.4, 0.5) is 0 Å². The van der Waals surface area contributed by atoms with Gasteiger partial charge in [-0.05, 0) is 6.42 Å². The van der Waals surface area contributed by atoms with Crippen molar-refractivity contribution in [1.29, 1.82) is 0 Å². The molecule has 0 saturated carbocycles. The molecular weight excluding hydrogens is 274 g/mol. The molecule has 1 aliphatic rings. The number of carbonyl (C=O) groups excluding carboxylic acids is 2. The van der Waals surface area contributed by atoms with Crippen molar-refractivity contribution in [3.8, 4) is 11.8 Å². The van der Waals surface area contributed by atoms with E-state index in [1.807, 2.05) is 30.4 Å². The number of carbonyl (C=O) groups is 2. The van der Waals surface area contributed by atoms with Gasteiger partial charge in [0.15, 0.2) is 0 Å². The minimum atomic E-state index is 0.0284. The second-order valence-corrected chi connectivity index (χ2v) is 4.92. The van der Waals surface area contributed by atoms with Gasteiger partial charge in [-0.25, -0.2) is 0 Å². The maximum atomic E-state index is 11.5. The Kier molecular flexibility index (Phi) is 8.07. The van der Waals surface area contributed by atoms with Crippen LogP contribution in [0.1, 0.15) is 19.3 Å². The van der Waals surface area contributed by atoms with Crippen molar-refractivity contribution in [2.24, 2.45) is 0 Å². The van der Waals surface area contributed by atoms with E-state index in [0.29, 0.717) is 12.8 Å². The predicted octanol–water partition coefficient (Wildman–Crippen LogP) is 2.98. The van der Waals surface area contributed by atoms with Crippen molar-refractivity contribution in [3.05, 3.63) is 59.8 Å². The van der Waals surface area contributed by atoms with Crippen molar-refractivity contribution in [1.82, 2.24) is 4.90 Å². The molecule has 1 aliphatic carbocycles. The first-order valence-corrected chi connectivity index (χ1v) is 7.18. The van der Waals surface area contributed by atoms with Gasteiger partial charge in [0.05, 0.1) is 0 Å². The van der Waals surface area contributed by atoms with E-state index in [0.717, 1.165) is 23.9 Å². The number of hydrogen-bond donors (Lipinski definition) is 0. The summed E-state index contributed by atoms with van der Waals surface area (Å²) in [7, 11) is 3.44. The Bertz CT molecular complexity index is 605. The van der Waals surface area contributed by atoms with E-state index in [1.165, 1.54) is 0 Å². The van der Waals surface area contributed by atoms with E-state index in [1.54, 1.807) is 37.2 Å². The molecule has 3 nitrogen and oxygen atoms in total. The van der Waals surface area contributed by atoms with Crippen molar-refractivity contribution in [3.63, 3.8) is 0 Å². The largest absolute Gasteiger partial charge is 0.349 e. The third-order valence-electron chi connectivity index (χ3n) is 2.88. The van der Waals surface area contributed by atoms with Gasteiger partial charge >= 0.3 is 0 Å². The monoisotopic (exact) mass is 295 g/mol. The molecule has 1 amide bonds. The van der Waals surface area contributed by atoms with Gasteiger partial charge in [-0.2, -0.15) is 0 Å². The number of rotatable bonds is 5. The van der Waals surface area contributed by atoms with Gasteiger partial charge in [0.2, 0.25) is 5.91 Å². The molecule has 0 aliphatic heterocycles. The number of hydrogen-bond acceptors (Lipinski definition) is 2. The van der Waals surface area contributed by atoms with Gasteiger partial charge in [-0.3, -0.25) is 4.79 Å². The molecule has 0 aromatic heterocycles. The number of nitrogens with zero attached hydrogens (tertiary/aromatic N) is 1. The quantitative estimate of drug-likeness (QED) is 0.444. The summed E-state index contributed by atoms with van der Waals surface area (Å²) >= 11 is 0. The second kappa shape index (κ2) is 10.2. The fourth-order valence-electron chi connectivity index (χ4n) is 1.63. The fraction of sp³-hybridized carbons (Fsp3) is 0.263. The second-order valence-electron chi connectivity index (χ2n) is 4.92. The Morgan fingerprint density at radius 3 is 2.86 bits per heavy atom. The molecule has 114 valence electrons. The van der Waals surface area contributed by atoms with E-state index in [2.05, 4.69) is 11.8 Å². The molecule has 0 saturated heterocycles. The van der Waals surface area contributed by atoms with Crippen molar-refractivity contribution in [2.75, 3.05) is 14.1 Å². The number of aldehydes is 1. The standard InChI is InChI=1S/C19H21NO2/c1-20(2)19(22)13-7-11-18(12-8-16-21)15-14-17-9-5-3-4-6-10-17/h3-7,9,11-12,16H,8,10,13H2,1-2H3/b11-7-,18-12+. The molecule has 0 bridgehead atoms. The summed E-state index contributed by atoms with van der Waals surface area (Å²) < 4.78 is 0. The molecule has 0 radical (unpaired) electrons. The summed E-state index contributed by atoms with van der Waals surface area (Å²) in [5.41, 5.74) is 1.76. The zero-order valence-electron chi connectivity index (χ0n) is 13.1. The molecule has 1 rings (SSSR count). The molecule has 0 aromatic carbocycles. The van der Waals surface area contributed by atoms with Crippen molar-refractivity contribution >= 4 is 12.2 Å². The topological polar surface area (TPSA) is 37.4 Å². The lowest BCUT2D eigenvalue weighted by Crippen LogP contribution is -2.20. The summed E-state index contributed by atoms with van der Waals surface area (Å²) in [6, 6.07) is 0. The van der Waals surface area contributed by atoms with Crippen LogP contribution in [0.5, 0.6) is 0 Å². The van der Waals surface area contributed by atoms with Crippen molar-refractivity contribution in [2.45, 2.75) is 19.3 Å². The lowest BCUT2D eigenvalue weighted by atomic mass is 10.1. The highest BCUT2D eigenvalue weighted by Gasteiger charge is 1.99. The molecule has 22 heavy (non-hydrogen) atoms. The van der Waals surface area contributed by atoms with E-state index in [-0.39, 0.29) is 5.91 Å². The summed E-state index contributed by atoms with van der Waals surface area (Å²) in [5.74, 6) is 6.20. The molecule has 3 heteroatoms. The van der Waals surface area contributed by atoms with Gasteiger partial charge in [0.1, 0.15) is 6.29 Å². The Balaban J connectivity index is 2.77. The lowest BCUT2D eigenvalue weighted by molar-refractivity contribution is -0.127. The Morgan fingerprint density at radius 2 is 2.14 bits per heavy atom. The average molecular weight is 295 g/mol. The van der Waals surface area contributed by atoms with Gasteiger partial charge in [-0.15, -0.1) is 0 Å². The van der Waals surface area contributed by atoms with Crippen LogP contribution in [0.25, 0.3) is 0 Å². The van der Waals surface area contributed by atoms with Crippen LogP contribution in [-0.4, -0.2) is 31.2 Å². The molecular formula is C19H21NO2. The first-order chi connectivity index (χ1) is 10.6. The van der Waals surface area contributed by atoms with Crippen molar-refractivity contribution < 1.29 is 9.59 Å². The van der Waals surface area contributed by atoms with E-state index in [4.69, 9.17) is 0 Å². The van der Waals surface area contributed by atoms with Crippen LogP contribution < -0.4 is 0 Å². The molecule has 0 spiro atoms. The summed E-state index contributed by atoms with van der Waals surface area (Å²) in [6.07, 6.45) is 17.5. The third kappa shape index (κ3) is 7.25. The molecule has 0 fully saturated rings. The van der Waals surface area contributed by atoms with Crippen LogP contribution >= 0.6 is 0 Å². The minimum Gasteiger partial charge on any atom is -0.349 e. The molecule has 0 heterocycles. The van der Waals surface area contributed by atoms with Gasteiger partial charge in [-0.1, -0.05) is 60.4 Å². The minimum absolute atomic E-state index is 0.0284. The third-order valence-corrected chi connectivity index (χ3v) is 2.88. The summed E-state index contributed by atoms with van der Waals surface area (Å²) in [5, 5.41) is 0. The molecule has 0 atom stereocenters. The highest BCUT2D eigenvalue weighted by molar-refractivity contribution is 5.77. The Hall–Kier alpha value is -2.60. The molecule has 0 unspecified atom stereocenters. The van der Waals surface area contributed by atoms with E-state index < -0.39 is 0 Å². The van der Waals surface area contributed by atoms with Gasteiger partial charge in [0, 0.05) is 38.1 Å². The maximum absolute atomic E-state index is 11.5. The smallest absolute Gasteiger partial charge is 0.225 e. The first kappa shape index (κ1) is 17.5. The number of allylic oxidation sites excluding steroid dienone is 9. The maximum Gasteiger partial charge on any atom is 0.225 e. The normalized spacial score (nSPS) is 14.1. The molecule has 0 N–H and O–H groups in total. The zero-order chi connectivity index (χ0) is 16.2. The SMILES string of the molecule is CN(C)C(=O)C/C=C\C(C#CC1=CC=CC=CC1)=C/CC=O. The molecule has 0 aromatic rings. The Labute approximate surface area is 132 Å². The first-order valence-electron chi connectivity index (χ1n) is 7.18. The van der Waals surface area contributed by atoms with Crippen LogP contribution in [0, 0.1) is 11.8 Å². The van der Waals surface area contributed by atoms with Crippen LogP contribution in [-0.2, 0) is 9.59 Å². The van der Waals surface area contributed by atoms with Gasteiger partial charge < -0.3 is 9.69 Å². The highest BCUT2D eigenvalue weighted by atomic mass is 16.2. The van der Waals surface area contributed by atoms with E-state index in [9.17, 15) is 9.59 Å². The van der Waals surface area contributed by atoms with Crippen LogP contribution in [0.2, 0.25) is 0 Å². The van der Waals surface area contributed by atoms with E-state index >= 15 is 0 Å². The summed E-state index contributed by atoms with van der Waals surface area (Å²) in [6.45, 7) is 0.